The summed E-state index contributed by atoms with van der Waals surface area (Å²) in [6, 6.07) is 18.4. The highest BCUT2D eigenvalue weighted by molar-refractivity contribution is 5.87. The molecule has 1 atom stereocenters. The Kier molecular flexibility index (Phi) is 8.49. The summed E-state index contributed by atoms with van der Waals surface area (Å²) in [5.74, 6) is 1.87. The number of ketones is 1. The van der Waals surface area contributed by atoms with Gasteiger partial charge in [-0.3, -0.25) is 4.79 Å². The number of para-hydroxylation sites is 1. The minimum absolute atomic E-state index is 0.114. The van der Waals surface area contributed by atoms with Crippen LogP contribution in [0.2, 0.25) is 0 Å². The maximum atomic E-state index is 13.6. The summed E-state index contributed by atoms with van der Waals surface area (Å²) in [6.45, 7) is 3.27. The number of carbonyl (C=O) groups is 1. The van der Waals surface area contributed by atoms with Crippen LogP contribution in [0.4, 0.5) is 0 Å². The second-order valence-electron chi connectivity index (χ2n) is 12.3. The van der Waals surface area contributed by atoms with E-state index >= 15 is 0 Å². The van der Waals surface area contributed by atoms with Gasteiger partial charge in [-0.15, -0.1) is 0 Å². The van der Waals surface area contributed by atoms with Gasteiger partial charge in [-0.2, -0.15) is 0 Å². The molecule has 0 amide bonds. The molecule has 37 heavy (non-hydrogen) atoms. The van der Waals surface area contributed by atoms with Crippen molar-refractivity contribution >= 4 is 16.7 Å². The van der Waals surface area contributed by atoms with Crippen LogP contribution in [0.1, 0.15) is 93.2 Å². The SMILES string of the molecule is Cc1cccc(C(CC(=O)CC2CCC(N(C)C)CC2)c2cn(CC3CCCCC3)c3ccccc23)c1. The Labute approximate surface area is 224 Å². The Balaban J connectivity index is 1.41. The van der Waals surface area contributed by atoms with Gasteiger partial charge >= 0.3 is 0 Å². The van der Waals surface area contributed by atoms with Crippen molar-refractivity contribution in [3.63, 3.8) is 0 Å². The Morgan fingerprint density at radius 3 is 2.41 bits per heavy atom. The third kappa shape index (κ3) is 6.37. The molecule has 1 heterocycles. The number of nitrogens with zero attached hydrogens (tertiary/aromatic N) is 2. The van der Waals surface area contributed by atoms with E-state index in [4.69, 9.17) is 0 Å². The van der Waals surface area contributed by atoms with E-state index in [1.165, 1.54) is 85.4 Å². The van der Waals surface area contributed by atoms with Crippen LogP contribution in [0.25, 0.3) is 10.9 Å². The number of Topliss-reactive ketones (excluding diaryl/α,β-unsaturated/α-hetero) is 1. The van der Waals surface area contributed by atoms with Gasteiger partial charge in [0.2, 0.25) is 0 Å². The van der Waals surface area contributed by atoms with Gasteiger partial charge in [0, 0.05) is 48.4 Å². The number of hydrogen-bond donors (Lipinski definition) is 0. The number of aryl methyl sites for hydroxylation is 1. The third-order valence-corrected chi connectivity index (χ3v) is 9.31. The molecule has 2 aliphatic rings. The van der Waals surface area contributed by atoms with Crippen molar-refractivity contribution in [2.45, 2.75) is 96.1 Å². The second-order valence-corrected chi connectivity index (χ2v) is 12.3. The number of fused-ring (bicyclic) bond motifs is 1. The van der Waals surface area contributed by atoms with Crippen molar-refractivity contribution in [1.82, 2.24) is 9.47 Å². The average Bonchev–Trinajstić information content (AvgIpc) is 3.26. The molecule has 2 saturated carbocycles. The lowest BCUT2D eigenvalue weighted by Crippen LogP contribution is -2.32. The lowest BCUT2D eigenvalue weighted by molar-refractivity contribution is -0.120. The predicted octanol–water partition coefficient (Wildman–Crippen LogP) is 8.13. The molecule has 2 fully saturated rings. The maximum absolute atomic E-state index is 13.6. The van der Waals surface area contributed by atoms with Crippen molar-refractivity contribution in [2.75, 3.05) is 14.1 Å². The van der Waals surface area contributed by atoms with E-state index in [1.54, 1.807) is 0 Å². The zero-order chi connectivity index (χ0) is 25.8. The van der Waals surface area contributed by atoms with Crippen LogP contribution >= 0.6 is 0 Å². The van der Waals surface area contributed by atoms with Crippen molar-refractivity contribution in [2.24, 2.45) is 11.8 Å². The second kappa shape index (κ2) is 12.0. The summed E-state index contributed by atoms with van der Waals surface area (Å²) in [5.41, 5.74) is 5.21. The van der Waals surface area contributed by atoms with E-state index in [0.717, 1.165) is 18.9 Å². The molecular formula is C34H46N2O. The first-order valence-corrected chi connectivity index (χ1v) is 14.8. The molecule has 2 aliphatic carbocycles. The monoisotopic (exact) mass is 498 g/mol. The minimum atomic E-state index is 0.114. The van der Waals surface area contributed by atoms with Gasteiger partial charge in [0.25, 0.3) is 0 Å². The Hall–Kier alpha value is -2.39. The molecule has 1 unspecified atom stereocenters. The predicted molar refractivity (Wildman–Crippen MR) is 155 cm³/mol. The fourth-order valence-corrected chi connectivity index (χ4v) is 7.14. The van der Waals surface area contributed by atoms with Crippen LogP contribution < -0.4 is 0 Å². The molecule has 0 aliphatic heterocycles. The minimum Gasteiger partial charge on any atom is -0.347 e. The summed E-state index contributed by atoms with van der Waals surface area (Å²) in [7, 11) is 4.38. The smallest absolute Gasteiger partial charge is 0.134 e. The highest BCUT2D eigenvalue weighted by atomic mass is 16.1. The summed E-state index contributed by atoms with van der Waals surface area (Å²) in [5, 5.41) is 1.32. The van der Waals surface area contributed by atoms with Gasteiger partial charge < -0.3 is 9.47 Å². The fourth-order valence-electron chi connectivity index (χ4n) is 7.14. The molecule has 198 valence electrons. The van der Waals surface area contributed by atoms with Crippen LogP contribution in [0, 0.1) is 18.8 Å². The van der Waals surface area contributed by atoms with Crippen molar-refractivity contribution in [3.05, 3.63) is 71.4 Å². The molecule has 0 radical (unpaired) electrons. The maximum Gasteiger partial charge on any atom is 0.134 e. The quantitative estimate of drug-likeness (QED) is 0.297. The number of carbonyl (C=O) groups excluding carboxylic acids is 1. The van der Waals surface area contributed by atoms with Gasteiger partial charge in [0.15, 0.2) is 0 Å². The van der Waals surface area contributed by atoms with Crippen LogP contribution in [0.5, 0.6) is 0 Å². The van der Waals surface area contributed by atoms with E-state index in [2.05, 4.69) is 85.2 Å². The van der Waals surface area contributed by atoms with E-state index < -0.39 is 0 Å². The van der Waals surface area contributed by atoms with Crippen LogP contribution in [-0.2, 0) is 11.3 Å². The molecule has 3 aromatic rings. The summed E-state index contributed by atoms with van der Waals surface area (Å²) in [4.78, 5) is 16.0. The molecule has 5 rings (SSSR count). The fraction of sp³-hybridized carbons (Fsp3) is 0.559. The van der Waals surface area contributed by atoms with Crippen molar-refractivity contribution in [1.29, 1.82) is 0 Å². The van der Waals surface area contributed by atoms with Gasteiger partial charge in [0.05, 0.1) is 0 Å². The number of benzene rings is 2. The molecule has 0 spiro atoms. The van der Waals surface area contributed by atoms with Gasteiger partial charge in [0.1, 0.15) is 5.78 Å². The molecule has 2 aromatic carbocycles. The van der Waals surface area contributed by atoms with Crippen molar-refractivity contribution in [3.8, 4) is 0 Å². The number of aromatic nitrogens is 1. The van der Waals surface area contributed by atoms with E-state index in [0.29, 0.717) is 24.2 Å². The highest BCUT2D eigenvalue weighted by Crippen LogP contribution is 2.38. The zero-order valence-electron chi connectivity index (χ0n) is 23.3. The normalized spacial score (nSPS) is 21.9. The molecule has 1 aromatic heterocycles. The van der Waals surface area contributed by atoms with Gasteiger partial charge in [-0.1, -0.05) is 67.3 Å². The topological polar surface area (TPSA) is 25.2 Å². The zero-order valence-corrected chi connectivity index (χ0v) is 23.3. The molecule has 3 heteroatoms. The Morgan fingerprint density at radius 1 is 0.919 bits per heavy atom. The molecule has 0 bridgehead atoms. The van der Waals surface area contributed by atoms with E-state index in [9.17, 15) is 4.79 Å². The average molecular weight is 499 g/mol. The van der Waals surface area contributed by atoms with Crippen LogP contribution in [-0.4, -0.2) is 35.4 Å². The van der Waals surface area contributed by atoms with Crippen LogP contribution in [0.15, 0.2) is 54.7 Å². The van der Waals surface area contributed by atoms with Crippen molar-refractivity contribution < 1.29 is 4.79 Å². The summed E-state index contributed by atoms with van der Waals surface area (Å²) in [6.07, 6.45) is 15.4. The van der Waals surface area contributed by atoms with E-state index in [1.807, 2.05) is 0 Å². The Morgan fingerprint density at radius 2 is 1.68 bits per heavy atom. The molecule has 3 nitrogen and oxygen atoms in total. The first-order chi connectivity index (χ1) is 18.0. The molecular weight excluding hydrogens is 452 g/mol. The number of hydrogen-bond acceptors (Lipinski definition) is 2. The van der Waals surface area contributed by atoms with E-state index in [-0.39, 0.29) is 5.92 Å². The van der Waals surface area contributed by atoms with Gasteiger partial charge in [-0.05, 0) is 88.6 Å². The summed E-state index contributed by atoms with van der Waals surface area (Å²) >= 11 is 0. The van der Waals surface area contributed by atoms with Gasteiger partial charge in [-0.25, -0.2) is 0 Å². The first-order valence-electron chi connectivity index (χ1n) is 14.8. The van der Waals surface area contributed by atoms with Crippen LogP contribution in [0.3, 0.4) is 0 Å². The number of rotatable bonds is 9. The molecule has 0 N–H and O–H groups in total. The summed E-state index contributed by atoms with van der Waals surface area (Å²) < 4.78 is 2.51. The lowest BCUT2D eigenvalue weighted by Gasteiger charge is -2.32. The lowest BCUT2D eigenvalue weighted by atomic mass is 9.80. The Bertz CT molecular complexity index is 1180. The third-order valence-electron chi connectivity index (χ3n) is 9.31. The first kappa shape index (κ1) is 26.2. The highest BCUT2D eigenvalue weighted by Gasteiger charge is 2.28. The molecule has 0 saturated heterocycles. The largest absolute Gasteiger partial charge is 0.347 e. The standard InChI is InChI=1S/C34H46N2O/c1-25-10-9-13-28(20-25)32(22-30(37)21-26-16-18-29(19-17-26)35(2)3)33-24-36(23-27-11-5-4-6-12-27)34-15-8-7-14-31(33)34/h7-10,13-15,20,24,26-27,29,32H,4-6,11-12,16-19,21-23H2,1-3H3.